The quantitative estimate of drug-likeness (QED) is 0.0922. The van der Waals surface area contributed by atoms with Gasteiger partial charge in [-0.1, -0.05) is 39.8 Å². The molecule has 10 N–H and O–H groups in total. The third-order valence-corrected chi connectivity index (χ3v) is 7.19. The molecule has 5 unspecified atom stereocenters. The van der Waals surface area contributed by atoms with Gasteiger partial charge in [-0.3, -0.25) is 24.0 Å². The molecule has 0 spiro atoms. The van der Waals surface area contributed by atoms with Crippen molar-refractivity contribution in [3.8, 4) is 5.75 Å². The summed E-state index contributed by atoms with van der Waals surface area (Å²) in [6.07, 6.45) is 3.51. The number of carbonyl (C=O) groups excluding carboxylic acids is 5. The van der Waals surface area contributed by atoms with Crippen LogP contribution in [-0.2, 0) is 41.6 Å². The molecular formula is C32H48N8O8. The van der Waals surface area contributed by atoms with Crippen LogP contribution in [0.5, 0.6) is 5.75 Å². The standard InChI is InChI=1S/C32H48N8O8/c1-17(2)10-23(33)29(44)39-25(13-21-14-34-16-36-21)31(46)40-24(12-20-6-8-22(41)9-7-20)30(45)37-19(5)28(43)35-15-27(42)38-26(32(47)48)11-18(3)4/h6-9,14,16-19,23-26,41H,10-13,15,33H2,1-5H3,(H,34,36)(H,35,43)(H,37,45)(H,38,42)(H,39,44)(H,40,46)(H,47,48). The van der Waals surface area contributed by atoms with E-state index in [0.717, 1.165) is 0 Å². The van der Waals surface area contributed by atoms with Crippen LogP contribution >= 0.6 is 0 Å². The Morgan fingerprint density at radius 1 is 0.771 bits per heavy atom. The number of amides is 5. The molecule has 264 valence electrons. The number of aliphatic carboxylic acids is 1. The number of nitrogens with two attached hydrogens (primary N) is 1. The minimum absolute atomic E-state index is 0.00323. The minimum Gasteiger partial charge on any atom is -0.508 e. The number of hydrogen-bond acceptors (Lipinski definition) is 9. The zero-order chi connectivity index (χ0) is 36.0. The van der Waals surface area contributed by atoms with Gasteiger partial charge in [-0.15, -0.1) is 0 Å². The maximum atomic E-state index is 13.6. The minimum atomic E-state index is -1.24. The van der Waals surface area contributed by atoms with Crippen LogP contribution in [0.3, 0.4) is 0 Å². The lowest BCUT2D eigenvalue weighted by atomic mass is 10.0. The molecule has 1 aromatic carbocycles. The number of aromatic hydroxyl groups is 1. The van der Waals surface area contributed by atoms with E-state index >= 15 is 0 Å². The van der Waals surface area contributed by atoms with E-state index in [1.807, 2.05) is 27.7 Å². The molecule has 0 saturated carbocycles. The summed E-state index contributed by atoms with van der Waals surface area (Å²) in [5.41, 5.74) is 7.09. The van der Waals surface area contributed by atoms with Crippen LogP contribution in [0, 0.1) is 11.8 Å². The number of nitrogens with zero attached hydrogens (tertiary/aromatic N) is 1. The Bertz CT molecular complexity index is 1380. The van der Waals surface area contributed by atoms with Crippen LogP contribution in [0.25, 0.3) is 0 Å². The number of aromatic amines is 1. The molecule has 1 heterocycles. The number of carbonyl (C=O) groups is 6. The summed E-state index contributed by atoms with van der Waals surface area (Å²) in [6, 6.07) is 0.409. The fraction of sp³-hybridized carbons (Fsp3) is 0.531. The Labute approximate surface area is 279 Å². The number of nitrogens with one attached hydrogen (secondary N) is 6. The number of phenols is 1. The molecule has 5 atom stereocenters. The monoisotopic (exact) mass is 672 g/mol. The molecule has 0 fully saturated rings. The van der Waals surface area contributed by atoms with E-state index < -0.39 is 72.3 Å². The highest BCUT2D eigenvalue weighted by Crippen LogP contribution is 2.12. The molecule has 2 rings (SSSR count). The van der Waals surface area contributed by atoms with Gasteiger partial charge in [0.1, 0.15) is 29.9 Å². The van der Waals surface area contributed by atoms with Crippen molar-refractivity contribution in [3.05, 3.63) is 48.0 Å². The molecule has 1 aromatic heterocycles. The van der Waals surface area contributed by atoms with Crippen LogP contribution in [0.15, 0.2) is 36.8 Å². The van der Waals surface area contributed by atoms with Gasteiger partial charge in [0.05, 0.1) is 24.6 Å². The second kappa shape index (κ2) is 19.0. The van der Waals surface area contributed by atoms with Crippen LogP contribution in [0.2, 0.25) is 0 Å². The van der Waals surface area contributed by atoms with Gasteiger partial charge in [-0.05, 0) is 49.3 Å². The number of carboxylic acid groups (broad SMARTS) is 1. The molecule has 16 heteroatoms. The molecular weight excluding hydrogens is 624 g/mol. The van der Waals surface area contributed by atoms with Crippen molar-refractivity contribution in [2.45, 2.75) is 90.5 Å². The number of benzene rings is 1. The molecule has 16 nitrogen and oxygen atoms in total. The number of phenolic OH excluding ortho intramolecular Hbond substituents is 1. The molecule has 0 radical (unpaired) electrons. The van der Waals surface area contributed by atoms with Gasteiger partial charge in [0.15, 0.2) is 0 Å². The summed E-state index contributed by atoms with van der Waals surface area (Å²) in [4.78, 5) is 83.4. The van der Waals surface area contributed by atoms with Gasteiger partial charge in [-0.2, -0.15) is 0 Å². The first-order valence-electron chi connectivity index (χ1n) is 15.8. The third-order valence-electron chi connectivity index (χ3n) is 7.19. The molecule has 0 bridgehead atoms. The largest absolute Gasteiger partial charge is 0.508 e. The molecule has 0 aliphatic heterocycles. The first-order valence-corrected chi connectivity index (χ1v) is 15.8. The Morgan fingerprint density at radius 3 is 1.92 bits per heavy atom. The zero-order valence-corrected chi connectivity index (χ0v) is 27.9. The number of aromatic nitrogens is 2. The number of hydrogen-bond donors (Lipinski definition) is 9. The lowest BCUT2D eigenvalue weighted by molar-refractivity contribution is -0.142. The van der Waals surface area contributed by atoms with Crippen LogP contribution in [0.4, 0.5) is 0 Å². The average Bonchev–Trinajstić information content (AvgIpc) is 3.52. The molecule has 5 amide bonds. The first-order chi connectivity index (χ1) is 22.5. The molecule has 0 aliphatic carbocycles. The summed E-state index contributed by atoms with van der Waals surface area (Å²) in [7, 11) is 0. The number of carboxylic acids is 1. The van der Waals surface area contributed by atoms with E-state index in [0.29, 0.717) is 17.7 Å². The summed E-state index contributed by atoms with van der Waals surface area (Å²) in [5, 5.41) is 31.6. The Morgan fingerprint density at radius 2 is 1.35 bits per heavy atom. The second-order valence-electron chi connectivity index (χ2n) is 12.5. The highest BCUT2D eigenvalue weighted by molar-refractivity contribution is 5.95. The topological polar surface area (TPSA) is 258 Å². The van der Waals surface area contributed by atoms with Gasteiger partial charge < -0.3 is 47.5 Å². The van der Waals surface area contributed by atoms with Gasteiger partial charge in [-0.25, -0.2) is 9.78 Å². The molecule has 48 heavy (non-hydrogen) atoms. The van der Waals surface area contributed by atoms with E-state index in [4.69, 9.17) is 5.73 Å². The lowest BCUT2D eigenvalue weighted by Gasteiger charge is -2.25. The van der Waals surface area contributed by atoms with Gasteiger partial charge in [0.25, 0.3) is 0 Å². The normalized spacial score (nSPS) is 14.2. The summed E-state index contributed by atoms with van der Waals surface area (Å²) in [6.45, 7) is 8.29. The molecule has 0 saturated heterocycles. The summed E-state index contributed by atoms with van der Waals surface area (Å²) >= 11 is 0. The van der Waals surface area contributed by atoms with E-state index in [1.54, 1.807) is 18.3 Å². The van der Waals surface area contributed by atoms with Crippen LogP contribution < -0.4 is 32.3 Å². The number of rotatable bonds is 19. The fourth-order valence-electron chi connectivity index (χ4n) is 4.70. The SMILES string of the molecule is CC(C)CC(N)C(=O)NC(Cc1c[nH]cn1)C(=O)NC(Cc1ccc(O)cc1)C(=O)NC(C)C(=O)NCC(=O)NC(CC(C)C)C(=O)O. The first kappa shape index (κ1) is 39.2. The van der Waals surface area contributed by atoms with Gasteiger partial charge >= 0.3 is 5.97 Å². The Hall–Kier alpha value is -4.99. The highest BCUT2D eigenvalue weighted by Gasteiger charge is 2.31. The summed E-state index contributed by atoms with van der Waals surface area (Å²) in [5.74, 6) is -4.51. The van der Waals surface area contributed by atoms with Crippen molar-refractivity contribution in [2.24, 2.45) is 17.6 Å². The number of imidazole rings is 1. The van der Waals surface area contributed by atoms with Crippen molar-refractivity contribution in [1.29, 1.82) is 0 Å². The highest BCUT2D eigenvalue weighted by atomic mass is 16.4. The maximum absolute atomic E-state index is 13.6. The van der Waals surface area contributed by atoms with E-state index in [2.05, 4.69) is 36.6 Å². The molecule has 2 aromatic rings. The van der Waals surface area contributed by atoms with Crippen LogP contribution in [0.1, 0.15) is 58.7 Å². The van der Waals surface area contributed by atoms with E-state index in [9.17, 15) is 39.0 Å². The smallest absolute Gasteiger partial charge is 0.326 e. The van der Waals surface area contributed by atoms with E-state index in [-0.39, 0.29) is 36.8 Å². The maximum Gasteiger partial charge on any atom is 0.326 e. The van der Waals surface area contributed by atoms with Crippen molar-refractivity contribution < 1.29 is 39.0 Å². The van der Waals surface area contributed by atoms with Crippen molar-refractivity contribution in [3.63, 3.8) is 0 Å². The predicted molar refractivity (Wildman–Crippen MR) is 175 cm³/mol. The second-order valence-corrected chi connectivity index (χ2v) is 12.5. The van der Waals surface area contributed by atoms with Gasteiger partial charge in [0, 0.05) is 19.0 Å². The predicted octanol–water partition coefficient (Wildman–Crippen LogP) is -0.520. The van der Waals surface area contributed by atoms with Crippen molar-refractivity contribution >= 4 is 35.5 Å². The van der Waals surface area contributed by atoms with Crippen molar-refractivity contribution in [2.75, 3.05) is 6.54 Å². The Balaban J connectivity index is 2.17. The summed E-state index contributed by atoms with van der Waals surface area (Å²) < 4.78 is 0. The van der Waals surface area contributed by atoms with E-state index in [1.165, 1.54) is 25.4 Å². The lowest BCUT2D eigenvalue weighted by Crippen LogP contribution is -2.58. The fourth-order valence-corrected chi connectivity index (χ4v) is 4.70. The Kier molecular flexibility index (Phi) is 15.5. The average molecular weight is 673 g/mol. The third kappa shape index (κ3) is 13.8. The van der Waals surface area contributed by atoms with Crippen LogP contribution in [-0.4, -0.2) is 92.4 Å². The molecule has 0 aliphatic rings. The number of H-pyrrole nitrogens is 1. The zero-order valence-electron chi connectivity index (χ0n) is 27.9. The van der Waals surface area contributed by atoms with Gasteiger partial charge in [0.2, 0.25) is 29.5 Å². The van der Waals surface area contributed by atoms with Crippen molar-refractivity contribution in [1.82, 2.24) is 36.6 Å².